The van der Waals surface area contributed by atoms with Crippen molar-refractivity contribution in [2.45, 2.75) is 6.92 Å². The lowest BCUT2D eigenvalue weighted by molar-refractivity contribution is -0.109. The van der Waals surface area contributed by atoms with Crippen molar-refractivity contribution in [2.24, 2.45) is 4.99 Å². The molecular weight excluding hydrogens is 221 g/mol. The largest absolute Gasteiger partial charge is 0.353 e. The van der Waals surface area contributed by atoms with Crippen LogP contribution in [0.15, 0.2) is 30.4 Å². The van der Waals surface area contributed by atoms with Crippen molar-refractivity contribution >= 4 is 26.4 Å². The van der Waals surface area contributed by atoms with Gasteiger partial charge in [-0.3, -0.25) is 14.7 Å². The second-order valence-corrected chi connectivity index (χ2v) is 3.54. The fourth-order valence-corrected chi connectivity index (χ4v) is 1.46. The van der Waals surface area contributed by atoms with Gasteiger partial charge in [0, 0.05) is 24.7 Å². The van der Waals surface area contributed by atoms with Gasteiger partial charge in [0.15, 0.2) is 0 Å². The van der Waals surface area contributed by atoms with Crippen molar-refractivity contribution in [1.29, 1.82) is 0 Å². The van der Waals surface area contributed by atoms with Gasteiger partial charge in [0.1, 0.15) is 0 Å². The Morgan fingerprint density at radius 2 is 2.25 bits per heavy atom. The van der Waals surface area contributed by atoms with E-state index in [1.165, 1.54) is 6.20 Å². The summed E-state index contributed by atoms with van der Waals surface area (Å²) in [5, 5.41) is 2.59. The van der Waals surface area contributed by atoms with Crippen LogP contribution < -0.4 is 5.32 Å². The molecule has 0 radical (unpaired) electrons. The molecule has 0 saturated carbocycles. The Bertz CT molecular complexity index is 300. The first-order valence-corrected chi connectivity index (χ1v) is 5.49. The van der Waals surface area contributed by atoms with Crippen LogP contribution in [0.1, 0.15) is 6.92 Å². The van der Waals surface area contributed by atoms with Gasteiger partial charge in [-0.15, -0.1) is 8.86 Å². The highest BCUT2D eigenvalue weighted by Crippen LogP contribution is 1.96. The molecule has 0 aromatic heterocycles. The average Bonchev–Trinajstić information content (AvgIpc) is 2.31. The zero-order valence-electron chi connectivity index (χ0n) is 9.57. The lowest BCUT2D eigenvalue weighted by Crippen LogP contribution is -2.39. The monoisotopic (exact) mass is 239 g/mol. The number of carbonyl (C=O) groups is 1. The molecule has 0 spiro atoms. The van der Waals surface area contributed by atoms with Crippen LogP contribution >= 0.6 is 8.86 Å². The smallest absolute Gasteiger partial charge is 0.207 e. The Balaban J connectivity index is 4.43. The van der Waals surface area contributed by atoms with Crippen LogP contribution in [0.2, 0.25) is 0 Å². The molecule has 0 bridgehead atoms. The number of likely N-dealkylation sites (N-methyl/N-ethyl adjacent to an activating group) is 1. The summed E-state index contributed by atoms with van der Waals surface area (Å²) in [6, 6.07) is 0. The lowest BCUT2D eigenvalue weighted by atomic mass is 10.3. The Kier molecular flexibility index (Phi) is 8.31. The van der Waals surface area contributed by atoms with Gasteiger partial charge in [-0.1, -0.05) is 20.1 Å². The van der Waals surface area contributed by atoms with Crippen LogP contribution in [-0.4, -0.2) is 42.1 Å². The minimum Gasteiger partial charge on any atom is -0.353 e. The Morgan fingerprint density at radius 1 is 1.56 bits per heavy atom. The molecule has 1 N–H and O–H groups in total. The van der Waals surface area contributed by atoms with Gasteiger partial charge >= 0.3 is 0 Å². The predicted molar refractivity (Wildman–Crippen MR) is 72.5 cm³/mol. The van der Waals surface area contributed by atoms with Crippen LogP contribution in [0.5, 0.6) is 0 Å². The highest BCUT2D eigenvalue weighted by atomic mass is 31.0. The molecule has 1 amide bonds. The van der Waals surface area contributed by atoms with E-state index in [0.717, 1.165) is 17.7 Å². The molecule has 0 aromatic rings. The van der Waals surface area contributed by atoms with Crippen molar-refractivity contribution in [3.05, 3.63) is 25.4 Å². The number of nitrogens with one attached hydrogen (secondary N) is 1. The first-order valence-electron chi connectivity index (χ1n) is 4.99. The zero-order valence-corrected chi connectivity index (χ0v) is 10.6. The van der Waals surface area contributed by atoms with Gasteiger partial charge < -0.3 is 5.32 Å². The number of amides is 1. The van der Waals surface area contributed by atoms with E-state index in [4.69, 9.17) is 0 Å². The summed E-state index contributed by atoms with van der Waals surface area (Å²) in [6.07, 6.45) is 3.85. The molecule has 16 heavy (non-hydrogen) atoms. The SMILES string of the molecule is C=CN=C(C=C)CN(CC)C(=P)CNC=O. The summed E-state index contributed by atoms with van der Waals surface area (Å²) in [5.41, 5.74) is 1.73. The predicted octanol–water partition coefficient (Wildman–Crippen LogP) is 1.10. The maximum Gasteiger partial charge on any atom is 0.207 e. The number of rotatable bonds is 9. The van der Waals surface area contributed by atoms with E-state index >= 15 is 0 Å². The Hall–Kier alpha value is -1.25. The Morgan fingerprint density at radius 3 is 2.69 bits per heavy atom. The molecule has 0 aliphatic carbocycles. The second kappa shape index (κ2) is 9.01. The number of nitrogens with zero attached hydrogens (tertiary/aromatic N) is 2. The van der Waals surface area contributed by atoms with E-state index in [-0.39, 0.29) is 0 Å². The van der Waals surface area contributed by atoms with Crippen molar-refractivity contribution in [1.82, 2.24) is 10.2 Å². The quantitative estimate of drug-likeness (QED) is 0.372. The molecule has 0 rings (SSSR count). The van der Waals surface area contributed by atoms with Crippen LogP contribution in [0.25, 0.3) is 0 Å². The summed E-state index contributed by atoms with van der Waals surface area (Å²) in [5.74, 6) is 0. The van der Waals surface area contributed by atoms with E-state index in [2.05, 4.69) is 32.3 Å². The topological polar surface area (TPSA) is 44.7 Å². The van der Waals surface area contributed by atoms with Crippen LogP contribution in [0.3, 0.4) is 0 Å². The summed E-state index contributed by atoms with van der Waals surface area (Å²) < 4.78 is 0. The van der Waals surface area contributed by atoms with Crippen LogP contribution in [-0.2, 0) is 4.79 Å². The van der Waals surface area contributed by atoms with Gasteiger partial charge in [-0.2, -0.15) is 0 Å². The van der Waals surface area contributed by atoms with Gasteiger partial charge in [-0.25, -0.2) is 0 Å². The van der Waals surface area contributed by atoms with E-state index < -0.39 is 0 Å². The number of carbonyl (C=O) groups excluding carboxylic acids is 1. The van der Waals surface area contributed by atoms with E-state index in [1.807, 2.05) is 11.8 Å². The number of hydrogen-bond acceptors (Lipinski definition) is 2. The molecule has 0 aliphatic heterocycles. The van der Waals surface area contributed by atoms with Crippen LogP contribution in [0, 0.1) is 0 Å². The maximum atomic E-state index is 10.2. The van der Waals surface area contributed by atoms with Gasteiger partial charge in [-0.05, 0) is 6.08 Å². The normalized spacial score (nSPS) is 11.0. The molecule has 5 heteroatoms. The molecule has 0 aromatic carbocycles. The molecule has 0 atom stereocenters. The summed E-state index contributed by atoms with van der Waals surface area (Å²) in [6.45, 7) is 11.2. The first kappa shape index (κ1) is 14.8. The van der Waals surface area contributed by atoms with E-state index in [1.54, 1.807) is 6.08 Å². The van der Waals surface area contributed by atoms with E-state index in [0.29, 0.717) is 19.5 Å². The first-order chi connectivity index (χ1) is 7.69. The summed E-state index contributed by atoms with van der Waals surface area (Å²) >= 11 is 0. The Labute approximate surface area is 99.0 Å². The van der Waals surface area contributed by atoms with Crippen molar-refractivity contribution in [3.8, 4) is 0 Å². The third-order valence-electron chi connectivity index (χ3n) is 1.96. The molecule has 0 saturated heterocycles. The third-order valence-corrected chi connectivity index (χ3v) is 2.45. The molecule has 0 aliphatic rings. The summed E-state index contributed by atoms with van der Waals surface area (Å²) in [4.78, 5) is 16.3. The third kappa shape index (κ3) is 5.59. The maximum absolute atomic E-state index is 10.2. The summed E-state index contributed by atoms with van der Waals surface area (Å²) in [7, 11) is 3.47. The van der Waals surface area contributed by atoms with Crippen molar-refractivity contribution < 1.29 is 4.79 Å². The second-order valence-electron chi connectivity index (χ2n) is 2.97. The minimum atomic E-state index is 0.465. The van der Waals surface area contributed by atoms with Gasteiger partial charge in [0.25, 0.3) is 0 Å². The van der Waals surface area contributed by atoms with Gasteiger partial charge in [0.2, 0.25) is 6.41 Å². The fraction of sp³-hybridized carbons (Fsp3) is 0.364. The zero-order chi connectivity index (χ0) is 12.4. The van der Waals surface area contributed by atoms with E-state index in [9.17, 15) is 4.79 Å². The standard InChI is InChI=1S/C11H18N3OP/c1-4-10(13-5-2)8-14(6-3)11(16)7-12-9-15/h4-5,9,16H,1-2,6-8H2,3H3,(H,12,15). The highest BCUT2D eigenvalue weighted by Gasteiger charge is 2.08. The number of hydrogen-bond donors (Lipinski definition) is 1. The van der Waals surface area contributed by atoms with Gasteiger partial charge in [0.05, 0.1) is 12.3 Å². The molecule has 0 fully saturated rings. The van der Waals surface area contributed by atoms with Crippen molar-refractivity contribution in [2.75, 3.05) is 19.6 Å². The molecule has 88 valence electrons. The minimum absolute atomic E-state index is 0.465. The lowest BCUT2D eigenvalue weighted by Gasteiger charge is -2.21. The molecule has 0 unspecified atom stereocenters. The fourth-order valence-electron chi connectivity index (χ4n) is 1.12. The molecule has 4 nitrogen and oxygen atoms in total. The molecular formula is C11H18N3OP. The average molecular weight is 239 g/mol. The highest BCUT2D eigenvalue weighted by molar-refractivity contribution is 7.21. The number of aliphatic imine (C=N–C) groups is 1. The van der Waals surface area contributed by atoms with Crippen molar-refractivity contribution in [3.63, 3.8) is 0 Å². The molecule has 0 heterocycles. The van der Waals surface area contributed by atoms with Crippen LogP contribution in [0.4, 0.5) is 0 Å².